The van der Waals surface area contributed by atoms with E-state index in [1.165, 1.54) is 13.3 Å². The van der Waals surface area contributed by atoms with Crippen molar-refractivity contribution < 1.29 is 23.9 Å². The van der Waals surface area contributed by atoms with Crippen molar-refractivity contribution in [1.82, 2.24) is 5.43 Å². The molecule has 0 aliphatic carbocycles. The first kappa shape index (κ1) is 26.9. The number of nitrogens with zero attached hydrogens (tertiary/aromatic N) is 1. The van der Waals surface area contributed by atoms with Crippen LogP contribution in [0.1, 0.15) is 29.2 Å². The second-order valence-corrected chi connectivity index (χ2v) is 8.25. The molecule has 0 fully saturated rings. The Hall–Kier alpha value is -4.66. The van der Waals surface area contributed by atoms with Gasteiger partial charge in [-0.1, -0.05) is 25.1 Å². The summed E-state index contributed by atoms with van der Waals surface area (Å²) in [4.78, 5) is 36.4. The van der Waals surface area contributed by atoms with Crippen LogP contribution in [-0.2, 0) is 20.8 Å². The first-order valence-corrected chi connectivity index (χ1v) is 11.7. The normalized spacial score (nSPS) is 10.6. The summed E-state index contributed by atoms with van der Waals surface area (Å²) in [6.45, 7) is 5.80. The SMILES string of the molecule is CCc1ccc(NC(=O)C(=O)N/N=C\c2ccc(OCC(=O)Nc3ccc(C)c(C)c3)c(OC)c2)cc1. The molecule has 3 aromatic rings. The number of carbonyl (C=O) groups is 3. The Morgan fingerprint density at radius 3 is 2.24 bits per heavy atom. The fourth-order valence-electron chi connectivity index (χ4n) is 3.27. The van der Waals surface area contributed by atoms with Crippen LogP contribution in [0.25, 0.3) is 0 Å². The number of anilines is 2. The monoisotopic (exact) mass is 502 g/mol. The van der Waals surface area contributed by atoms with Crippen LogP contribution in [0.5, 0.6) is 11.5 Å². The summed E-state index contributed by atoms with van der Waals surface area (Å²) in [6, 6.07) is 17.8. The Kier molecular flexibility index (Phi) is 9.37. The summed E-state index contributed by atoms with van der Waals surface area (Å²) in [5, 5.41) is 9.14. The third kappa shape index (κ3) is 7.93. The third-order valence-electron chi connectivity index (χ3n) is 5.54. The molecular weight excluding hydrogens is 472 g/mol. The molecule has 0 saturated heterocycles. The average molecular weight is 503 g/mol. The molecule has 0 spiro atoms. The number of hydrogen-bond acceptors (Lipinski definition) is 6. The number of ether oxygens (including phenoxy) is 2. The topological polar surface area (TPSA) is 118 Å². The van der Waals surface area contributed by atoms with Crippen molar-refractivity contribution in [3.63, 3.8) is 0 Å². The minimum atomic E-state index is -0.905. The van der Waals surface area contributed by atoms with E-state index in [2.05, 4.69) is 21.2 Å². The van der Waals surface area contributed by atoms with Crippen molar-refractivity contribution in [1.29, 1.82) is 0 Å². The fraction of sp³-hybridized carbons (Fsp3) is 0.214. The summed E-state index contributed by atoms with van der Waals surface area (Å²) in [5.41, 5.74) is 7.33. The standard InChI is InChI=1S/C28H30N4O5/c1-5-20-7-11-22(12-8-20)31-27(34)28(35)32-29-16-21-9-13-24(25(15-21)36-4)37-17-26(33)30-23-10-6-18(2)19(3)14-23/h6-16H,5,17H2,1-4H3,(H,30,33)(H,31,34)(H,32,35)/b29-16-. The van der Waals surface area contributed by atoms with E-state index >= 15 is 0 Å². The lowest BCUT2D eigenvalue weighted by Gasteiger charge is -2.12. The number of hydrogen-bond donors (Lipinski definition) is 3. The van der Waals surface area contributed by atoms with Crippen molar-refractivity contribution in [2.75, 3.05) is 24.4 Å². The van der Waals surface area contributed by atoms with Crippen LogP contribution in [0.2, 0.25) is 0 Å². The van der Waals surface area contributed by atoms with Gasteiger partial charge in [0.25, 0.3) is 5.91 Å². The quantitative estimate of drug-likeness (QED) is 0.232. The molecule has 3 rings (SSSR count). The molecule has 0 bridgehead atoms. The van der Waals surface area contributed by atoms with Crippen LogP contribution in [0.3, 0.4) is 0 Å². The molecule has 0 heterocycles. The molecule has 9 heteroatoms. The van der Waals surface area contributed by atoms with Crippen LogP contribution < -0.4 is 25.5 Å². The van der Waals surface area contributed by atoms with Gasteiger partial charge in [0, 0.05) is 11.4 Å². The van der Waals surface area contributed by atoms with Gasteiger partial charge in [0.2, 0.25) is 0 Å². The number of aryl methyl sites for hydroxylation is 3. The number of nitrogens with one attached hydrogen (secondary N) is 3. The second-order valence-electron chi connectivity index (χ2n) is 8.25. The van der Waals surface area contributed by atoms with Crippen molar-refractivity contribution in [3.05, 3.63) is 82.9 Å². The molecule has 3 amide bonds. The second kappa shape index (κ2) is 12.9. The molecule has 0 unspecified atom stereocenters. The van der Waals surface area contributed by atoms with Gasteiger partial charge in [0.15, 0.2) is 18.1 Å². The molecule has 192 valence electrons. The lowest BCUT2D eigenvalue weighted by atomic mass is 10.1. The zero-order valence-corrected chi connectivity index (χ0v) is 21.3. The molecule has 0 aliphatic rings. The van der Waals surface area contributed by atoms with E-state index in [0.717, 1.165) is 23.1 Å². The molecular formula is C28H30N4O5. The van der Waals surface area contributed by atoms with Crippen molar-refractivity contribution in [2.24, 2.45) is 5.10 Å². The zero-order valence-electron chi connectivity index (χ0n) is 21.3. The van der Waals surface area contributed by atoms with Gasteiger partial charge in [-0.15, -0.1) is 0 Å². The van der Waals surface area contributed by atoms with E-state index in [1.807, 2.05) is 51.1 Å². The molecule has 37 heavy (non-hydrogen) atoms. The van der Waals surface area contributed by atoms with Gasteiger partial charge in [0.1, 0.15) is 0 Å². The number of carbonyl (C=O) groups excluding carboxylic acids is 3. The maximum absolute atomic E-state index is 12.3. The first-order valence-electron chi connectivity index (χ1n) is 11.7. The summed E-state index contributed by atoms with van der Waals surface area (Å²) in [5.74, 6) is -1.30. The highest BCUT2D eigenvalue weighted by atomic mass is 16.5. The van der Waals surface area contributed by atoms with Gasteiger partial charge in [0.05, 0.1) is 13.3 Å². The molecule has 0 saturated carbocycles. The summed E-state index contributed by atoms with van der Waals surface area (Å²) >= 11 is 0. The highest BCUT2D eigenvalue weighted by Crippen LogP contribution is 2.27. The zero-order chi connectivity index (χ0) is 26.8. The number of hydrazone groups is 1. The van der Waals surface area contributed by atoms with E-state index in [0.29, 0.717) is 28.4 Å². The molecule has 9 nitrogen and oxygen atoms in total. The Balaban J connectivity index is 1.51. The fourth-order valence-corrected chi connectivity index (χ4v) is 3.27. The van der Waals surface area contributed by atoms with E-state index in [4.69, 9.17) is 9.47 Å². The molecule has 0 aliphatic heterocycles. The highest BCUT2D eigenvalue weighted by Gasteiger charge is 2.13. The van der Waals surface area contributed by atoms with Gasteiger partial charge < -0.3 is 20.1 Å². The van der Waals surface area contributed by atoms with Gasteiger partial charge in [-0.2, -0.15) is 5.10 Å². The largest absolute Gasteiger partial charge is 0.493 e. The molecule has 0 atom stereocenters. The molecule has 3 aromatic carbocycles. The Morgan fingerprint density at radius 2 is 1.57 bits per heavy atom. The summed E-state index contributed by atoms with van der Waals surface area (Å²) in [6.07, 6.45) is 2.24. The van der Waals surface area contributed by atoms with Crippen LogP contribution in [0, 0.1) is 13.8 Å². The first-order chi connectivity index (χ1) is 17.8. The Labute approximate surface area is 215 Å². The predicted octanol–water partition coefficient (Wildman–Crippen LogP) is 3.98. The maximum atomic E-state index is 12.3. The summed E-state index contributed by atoms with van der Waals surface area (Å²) < 4.78 is 11.0. The average Bonchev–Trinajstić information content (AvgIpc) is 2.90. The van der Waals surface area contributed by atoms with Crippen molar-refractivity contribution >= 4 is 35.3 Å². The smallest absolute Gasteiger partial charge is 0.329 e. The number of amides is 3. The van der Waals surface area contributed by atoms with Crippen molar-refractivity contribution in [2.45, 2.75) is 27.2 Å². The van der Waals surface area contributed by atoms with E-state index in [-0.39, 0.29) is 12.5 Å². The number of rotatable bonds is 9. The van der Waals surface area contributed by atoms with Crippen LogP contribution in [-0.4, -0.2) is 37.7 Å². The lowest BCUT2D eigenvalue weighted by molar-refractivity contribution is -0.136. The van der Waals surface area contributed by atoms with E-state index in [9.17, 15) is 14.4 Å². The van der Waals surface area contributed by atoms with Crippen molar-refractivity contribution in [3.8, 4) is 11.5 Å². The Bertz CT molecular complexity index is 1300. The van der Waals surface area contributed by atoms with Crippen LogP contribution in [0.4, 0.5) is 11.4 Å². The Morgan fingerprint density at radius 1 is 0.838 bits per heavy atom. The van der Waals surface area contributed by atoms with Crippen LogP contribution >= 0.6 is 0 Å². The lowest BCUT2D eigenvalue weighted by Crippen LogP contribution is -2.32. The molecule has 0 aromatic heterocycles. The maximum Gasteiger partial charge on any atom is 0.329 e. The van der Waals surface area contributed by atoms with Gasteiger partial charge in [-0.3, -0.25) is 14.4 Å². The number of benzene rings is 3. The van der Waals surface area contributed by atoms with Gasteiger partial charge in [-0.25, -0.2) is 5.43 Å². The van der Waals surface area contributed by atoms with Crippen LogP contribution in [0.15, 0.2) is 65.8 Å². The van der Waals surface area contributed by atoms with E-state index in [1.54, 1.807) is 30.3 Å². The minimum absolute atomic E-state index is 0.205. The minimum Gasteiger partial charge on any atom is -0.493 e. The highest BCUT2D eigenvalue weighted by molar-refractivity contribution is 6.39. The molecule has 3 N–H and O–H groups in total. The predicted molar refractivity (Wildman–Crippen MR) is 143 cm³/mol. The van der Waals surface area contributed by atoms with Gasteiger partial charge >= 0.3 is 11.8 Å². The molecule has 0 radical (unpaired) electrons. The third-order valence-corrected chi connectivity index (χ3v) is 5.54. The number of methoxy groups -OCH3 is 1. The van der Waals surface area contributed by atoms with Gasteiger partial charge in [-0.05, 0) is 85.0 Å². The summed E-state index contributed by atoms with van der Waals surface area (Å²) in [7, 11) is 1.47. The van der Waals surface area contributed by atoms with E-state index < -0.39 is 11.8 Å².